The van der Waals surface area contributed by atoms with Crippen molar-refractivity contribution in [2.75, 3.05) is 7.11 Å². The van der Waals surface area contributed by atoms with Gasteiger partial charge in [-0.05, 0) is 73.2 Å². The smallest absolute Gasteiger partial charge is 0.118 e. The Morgan fingerprint density at radius 3 is 1.85 bits per heavy atom. The van der Waals surface area contributed by atoms with E-state index in [9.17, 15) is 0 Å². The highest BCUT2D eigenvalue weighted by Crippen LogP contribution is 2.27. The molecular weight excluding hydrogens is 244 g/mol. The van der Waals surface area contributed by atoms with Crippen molar-refractivity contribution in [2.24, 2.45) is 0 Å². The molecule has 0 aliphatic heterocycles. The van der Waals surface area contributed by atoms with E-state index in [0.717, 1.165) is 5.75 Å². The van der Waals surface area contributed by atoms with Crippen LogP contribution >= 0.6 is 0 Å². The summed E-state index contributed by atoms with van der Waals surface area (Å²) in [6, 6.07) is 14.9. The molecule has 0 N–H and O–H groups in total. The van der Waals surface area contributed by atoms with Gasteiger partial charge in [-0.15, -0.1) is 0 Å². The summed E-state index contributed by atoms with van der Waals surface area (Å²) in [5.41, 5.74) is 7.82. The van der Waals surface area contributed by atoms with Gasteiger partial charge in [0.25, 0.3) is 0 Å². The van der Waals surface area contributed by atoms with Crippen LogP contribution in [-0.4, -0.2) is 7.11 Å². The summed E-state index contributed by atoms with van der Waals surface area (Å²) in [5, 5.41) is 0. The summed E-state index contributed by atoms with van der Waals surface area (Å²) in [6.07, 6.45) is 0. The van der Waals surface area contributed by atoms with Crippen molar-refractivity contribution in [3.63, 3.8) is 0 Å². The van der Waals surface area contributed by atoms with E-state index in [0.29, 0.717) is 0 Å². The van der Waals surface area contributed by atoms with E-state index in [1.807, 2.05) is 12.1 Å². The molecule has 0 saturated heterocycles. The Labute approximate surface area is 121 Å². The molecule has 0 atom stereocenters. The van der Waals surface area contributed by atoms with Crippen LogP contribution in [0.3, 0.4) is 0 Å². The van der Waals surface area contributed by atoms with E-state index in [-0.39, 0.29) is 0 Å². The lowest BCUT2D eigenvalue weighted by Gasteiger charge is -2.11. The second-order valence-electron chi connectivity index (χ2n) is 5.28. The summed E-state index contributed by atoms with van der Waals surface area (Å²) in [6.45, 7) is 8.67. The first kappa shape index (κ1) is 14.4. The monoisotopic (exact) mass is 266 g/mol. The van der Waals surface area contributed by atoms with Gasteiger partial charge in [-0.1, -0.05) is 30.3 Å². The van der Waals surface area contributed by atoms with Gasteiger partial charge in [-0.2, -0.15) is 0 Å². The highest BCUT2D eigenvalue weighted by Gasteiger charge is 2.05. The number of methoxy groups -OCH3 is 1. The van der Waals surface area contributed by atoms with Crippen LogP contribution in [0.15, 0.2) is 42.5 Å². The zero-order chi connectivity index (χ0) is 14.7. The van der Waals surface area contributed by atoms with Crippen LogP contribution < -0.4 is 4.74 Å². The Bertz CT molecular complexity index is 633. The summed E-state index contributed by atoms with van der Waals surface area (Å²) >= 11 is 0. The molecule has 0 radical (unpaired) electrons. The highest BCUT2D eigenvalue weighted by atomic mass is 16.5. The third-order valence-electron chi connectivity index (χ3n) is 4.03. The largest absolute Gasteiger partial charge is 0.497 e. The van der Waals surface area contributed by atoms with Crippen molar-refractivity contribution in [2.45, 2.75) is 27.7 Å². The fourth-order valence-corrected chi connectivity index (χ4v) is 2.25. The van der Waals surface area contributed by atoms with Crippen LogP contribution in [0.2, 0.25) is 0 Å². The molecule has 0 aliphatic carbocycles. The molecule has 2 aromatic carbocycles. The first-order valence-corrected chi connectivity index (χ1v) is 6.92. The maximum atomic E-state index is 5.21. The fraction of sp³-hybridized carbons (Fsp3) is 0.263. The summed E-state index contributed by atoms with van der Waals surface area (Å²) in [4.78, 5) is 0. The Hall–Kier alpha value is -2.02. The predicted octanol–water partition coefficient (Wildman–Crippen LogP) is 5.26. The fourth-order valence-electron chi connectivity index (χ4n) is 2.25. The molecule has 104 valence electrons. The Morgan fingerprint density at radius 2 is 1.30 bits per heavy atom. The minimum Gasteiger partial charge on any atom is -0.497 e. The second-order valence-corrected chi connectivity index (χ2v) is 5.28. The molecule has 2 rings (SSSR count). The normalized spacial score (nSPS) is 12.1. The molecule has 0 fully saturated rings. The summed E-state index contributed by atoms with van der Waals surface area (Å²) in [5.74, 6) is 0.894. The number of ether oxygens (including phenoxy) is 1. The van der Waals surface area contributed by atoms with Gasteiger partial charge < -0.3 is 4.74 Å². The standard InChI is InChI=1S/C19H22O/c1-13-6-7-18(12-14(13)2)16(4)15(3)17-8-10-19(20-5)11-9-17/h6-12H,1-5H3/b16-15+. The lowest BCUT2D eigenvalue weighted by atomic mass is 9.95. The van der Waals surface area contributed by atoms with Crippen LogP contribution in [0.5, 0.6) is 5.75 Å². The quantitative estimate of drug-likeness (QED) is 0.688. The van der Waals surface area contributed by atoms with Crippen molar-refractivity contribution < 1.29 is 4.74 Å². The van der Waals surface area contributed by atoms with Gasteiger partial charge in [0.1, 0.15) is 5.75 Å². The maximum absolute atomic E-state index is 5.21. The first-order valence-electron chi connectivity index (χ1n) is 6.92. The summed E-state index contributed by atoms with van der Waals surface area (Å²) < 4.78 is 5.21. The Balaban J connectivity index is 2.40. The average Bonchev–Trinajstić information content (AvgIpc) is 2.48. The first-order chi connectivity index (χ1) is 9.52. The van der Waals surface area contributed by atoms with Gasteiger partial charge in [0.2, 0.25) is 0 Å². The molecule has 0 unspecified atom stereocenters. The predicted molar refractivity (Wildman–Crippen MR) is 87.1 cm³/mol. The number of benzene rings is 2. The van der Waals surface area contributed by atoms with Gasteiger partial charge in [0.15, 0.2) is 0 Å². The van der Waals surface area contributed by atoms with E-state index >= 15 is 0 Å². The number of aryl methyl sites for hydroxylation is 2. The van der Waals surface area contributed by atoms with E-state index in [4.69, 9.17) is 4.74 Å². The molecule has 0 amide bonds. The van der Waals surface area contributed by atoms with Crippen LogP contribution in [0, 0.1) is 13.8 Å². The molecule has 0 spiro atoms. The lowest BCUT2D eigenvalue weighted by Crippen LogP contribution is -1.89. The van der Waals surface area contributed by atoms with Crippen LogP contribution in [0.1, 0.15) is 36.1 Å². The van der Waals surface area contributed by atoms with Crippen molar-refractivity contribution in [3.8, 4) is 5.75 Å². The van der Waals surface area contributed by atoms with Crippen LogP contribution in [0.25, 0.3) is 11.1 Å². The topological polar surface area (TPSA) is 9.23 Å². The van der Waals surface area contributed by atoms with Crippen LogP contribution in [0.4, 0.5) is 0 Å². The Kier molecular flexibility index (Phi) is 4.29. The number of hydrogen-bond donors (Lipinski definition) is 0. The molecular formula is C19H22O. The van der Waals surface area contributed by atoms with Gasteiger partial charge in [-0.25, -0.2) is 0 Å². The SMILES string of the molecule is COc1ccc(/C(C)=C(\C)c2ccc(C)c(C)c2)cc1. The van der Waals surface area contributed by atoms with E-state index in [1.54, 1.807) is 7.11 Å². The molecule has 1 nitrogen and oxygen atoms in total. The zero-order valence-corrected chi connectivity index (χ0v) is 12.9. The van der Waals surface area contributed by atoms with E-state index in [1.165, 1.54) is 33.4 Å². The molecule has 1 heteroatoms. The number of allylic oxidation sites excluding steroid dienone is 2. The van der Waals surface area contributed by atoms with Gasteiger partial charge in [0, 0.05) is 0 Å². The maximum Gasteiger partial charge on any atom is 0.118 e. The Morgan fingerprint density at radius 1 is 0.750 bits per heavy atom. The highest BCUT2D eigenvalue weighted by molar-refractivity contribution is 5.89. The molecule has 0 bridgehead atoms. The second kappa shape index (κ2) is 5.96. The molecule has 0 aliphatic rings. The number of rotatable bonds is 3. The van der Waals surface area contributed by atoms with Crippen molar-refractivity contribution in [1.82, 2.24) is 0 Å². The van der Waals surface area contributed by atoms with Gasteiger partial charge in [-0.3, -0.25) is 0 Å². The van der Waals surface area contributed by atoms with E-state index < -0.39 is 0 Å². The van der Waals surface area contributed by atoms with Crippen molar-refractivity contribution >= 4 is 11.1 Å². The third kappa shape index (κ3) is 2.93. The van der Waals surface area contributed by atoms with Crippen molar-refractivity contribution in [3.05, 3.63) is 64.7 Å². The summed E-state index contributed by atoms with van der Waals surface area (Å²) in [7, 11) is 1.69. The average molecular weight is 266 g/mol. The van der Waals surface area contributed by atoms with Crippen molar-refractivity contribution in [1.29, 1.82) is 0 Å². The molecule has 0 heterocycles. The van der Waals surface area contributed by atoms with Crippen LogP contribution in [-0.2, 0) is 0 Å². The minimum absolute atomic E-state index is 0.894. The van der Waals surface area contributed by atoms with Gasteiger partial charge >= 0.3 is 0 Å². The molecule has 20 heavy (non-hydrogen) atoms. The lowest BCUT2D eigenvalue weighted by molar-refractivity contribution is 0.415. The minimum atomic E-state index is 0.894. The molecule has 2 aromatic rings. The third-order valence-corrected chi connectivity index (χ3v) is 4.03. The molecule has 0 saturated carbocycles. The zero-order valence-electron chi connectivity index (χ0n) is 12.9. The molecule has 0 aromatic heterocycles. The van der Waals surface area contributed by atoms with Gasteiger partial charge in [0.05, 0.1) is 7.11 Å². The van der Waals surface area contributed by atoms with E-state index in [2.05, 4.69) is 58.0 Å². The number of hydrogen-bond acceptors (Lipinski definition) is 1.